The molecule has 1 heterocycles. The number of amides is 1. The minimum Gasteiger partial charge on any atom is -0.451 e. The maximum absolute atomic E-state index is 13.1. The van der Waals surface area contributed by atoms with Gasteiger partial charge < -0.3 is 14.8 Å². The summed E-state index contributed by atoms with van der Waals surface area (Å²) < 4.78 is 18.5. The number of carbonyl (C=O) groups excluding carboxylic acids is 1. The van der Waals surface area contributed by atoms with Gasteiger partial charge >= 0.3 is 0 Å². The van der Waals surface area contributed by atoms with Gasteiger partial charge in [0.25, 0.3) is 5.91 Å². The van der Waals surface area contributed by atoms with E-state index < -0.39 is 0 Å². The first-order chi connectivity index (χ1) is 10.0. The average Bonchev–Trinajstić information content (AvgIpc) is 2.92. The topological polar surface area (TPSA) is 62.5 Å². The van der Waals surface area contributed by atoms with Crippen LogP contribution in [0.25, 0.3) is 11.0 Å². The number of benzene rings is 1. The van der Waals surface area contributed by atoms with Gasteiger partial charge in [-0.2, -0.15) is 0 Å². The number of furan rings is 1. The molecule has 0 aliphatic carbocycles. The Balaban J connectivity index is 2.12. The number of nitrogens with one attached hydrogen (secondary N) is 1. The van der Waals surface area contributed by atoms with E-state index >= 15 is 0 Å². The van der Waals surface area contributed by atoms with Crippen LogP contribution in [0.4, 0.5) is 4.39 Å². The van der Waals surface area contributed by atoms with Crippen LogP contribution in [0.15, 0.2) is 28.7 Å². The quantitative estimate of drug-likeness (QED) is 0.860. The second-order valence-corrected chi connectivity index (χ2v) is 5.34. The molecular weight excluding hydrogens is 273 g/mol. The molecule has 1 aromatic carbocycles. The molecule has 0 radical (unpaired) electrons. The Morgan fingerprint density at radius 1 is 1.33 bits per heavy atom. The highest BCUT2D eigenvalue weighted by atomic mass is 19.1. The summed E-state index contributed by atoms with van der Waals surface area (Å²) in [6.45, 7) is 4.36. The van der Waals surface area contributed by atoms with Gasteiger partial charge in [0, 0.05) is 17.3 Å². The number of rotatable bonds is 6. The summed E-state index contributed by atoms with van der Waals surface area (Å²) in [5.41, 5.74) is 0.161. The van der Waals surface area contributed by atoms with E-state index in [9.17, 15) is 14.3 Å². The van der Waals surface area contributed by atoms with Crippen molar-refractivity contribution in [3.05, 3.63) is 35.8 Å². The molecule has 2 N–H and O–H groups in total. The van der Waals surface area contributed by atoms with Crippen molar-refractivity contribution in [3.8, 4) is 0 Å². The van der Waals surface area contributed by atoms with Gasteiger partial charge in [-0.25, -0.2) is 4.39 Å². The Hall–Kier alpha value is -1.88. The van der Waals surface area contributed by atoms with Crippen LogP contribution in [0.5, 0.6) is 0 Å². The second-order valence-electron chi connectivity index (χ2n) is 5.34. The molecule has 0 aliphatic heterocycles. The van der Waals surface area contributed by atoms with Gasteiger partial charge in [-0.15, -0.1) is 0 Å². The molecular formula is C16H20FNO3. The Morgan fingerprint density at radius 3 is 2.67 bits per heavy atom. The van der Waals surface area contributed by atoms with Crippen LogP contribution >= 0.6 is 0 Å². The lowest BCUT2D eigenvalue weighted by atomic mass is 9.83. The predicted molar refractivity (Wildman–Crippen MR) is 78.6 cm³/mol. The normalized spacial score (nSPS) is 11.8. The van der Waals surface area contributed by atoms with Crippen LogP contribution in [0.2, 0.25) is 0 Å². The first kappa shape index (κ1) is 15.5. The van der Waals surface area contributed by atoms with Crippen molar-refractivity contribution < 1.29 is 18.7 Å². The molecule has 0 spiro atoms. The zero-order valence-corrected chi connectivity index (χ0v) is 12.3. The van der Waals surface area contributed by atoms with Crippen molar-refractivity contribution in [1.82, 2.24) is 5.32 Å². The van der Waals surface area contributed by atoms with Gasteiger partial charge in [0.05, 0.1) is 6.61 Å². The van der Waals surface area contributed by atoms with Crippen LogP contribution < -0.4 is 5.32 Å². The number of fused-ring (bicyclic) bond motifs is 1. The molecule has 21 heavy (non-hydrogen) atoms. The number of carbonyl (C=O) groups is 1. The van der Waals surface area contributed by atoms with Crippen molar-refractivity contribution in [2.75, 3.05) is 13.2 Å². The lowest BCUT2D eigenvalue weighted by Gasteiger charge is -2.29. The fourth-order valence-electron chi connectivity index (χ4n) is 2.26. The zero-order chi connectivity index (χ0) is 15.5. The van der Waals surface area contributed by atoms with Crippen LogP contribution in [-0.2, 0) is 0 Å². The lowest BCUT2D eigenvalue weighted by molar-refractivity contribution is 0.0829. The molecule has 0 fully saturated rings. The van der Waals surface area contributed by atoms with E-state index in [0.29, 0.717) is 17.5 Å². The molecule has 0 saturated heterocycles. The van der Waals surface area contributed by atoms with Crippen molar-refractivity contribution in [3.63, 3.8) is 0 Å². The summed E-state index contributed by atoms with van der Waals surface area (Å²) in [4.78, 5) is 12.1. The maximum Gasteiger partial charge on any atom is 0.287 e. The first-order valence-electron chi connectivity index (χ1n) is 7.11. The summed E-state index contributed by atoms with van der Waals surface area (Å²) >= 11 is 0. The smallest absolute Gasteiger partial charge is 0.287 e. The minimum absolute atomic E-state index is 0.0195. The summed E-state index contributed by atoms with van der Waals surface area (Å²) in [6, 6.07) is 5.63. The molecule has 0 bridgehead atoms. The van der Waals surface area contributed by atoms with E-state index in [1.807, 2.05) is 13.8 Å². The summed E-state index contributed by atoms with van der Waals surface area (Å²) in [5, 5.41) is 12.8. The molecule has 1 aromatic heterocycles. The summed E-state index contributed by atoms with van der Waals surface area (Å²) in [6.07, 6.45) is 1.54. The van der Waals surface area contributed by atoms with Gasteiger partial charge in [-0.05, 0) is 37.1 Å². The summed E-state index contributed by atoms with van der Waals surface area (Å²) in [5.74, 6) is -0.576. The molecule has 4 nitrogen and oxygen atoms in total. The van der Waals surface area contributed by atoms with Crippen LogP contribution in [0.3, 0.4) is 0 Å². The number of aliphatic hydroxyl groups excluding tert-OH is 1. The Labute approximate surface area is 122 Å². The van der Waals surface area contributed by atoms with Crippen LogP contribution in [0.1, 0.15) is 37.2 Å². The van der Waals surface area contributed by atoms with Gasteiger partial charge in [0.15, 0.2) is 5.76 Å². The maximum atomic E-state index is 13.1. The van der Waals surface area contributed by atoms with E-state index in [4.69, 9.17) is 4.42 Å². The largest absolute Gasteiger partial charge is 0.451 e. The molecule has 1 amide bonds. The molecule has 114 valence electrons. The van der Waals surface area contributed by atoms with Crippen molar-refractivity contribution in [1.29, 1.82) is 0 Å². The standard InChI is InChI=1S/C16H20FNO3/c1-3-16(4-2,10-19)9-18-15(20)14-8-11-7-12(17)5-6-13(11)21-14/h5-8,19H,3-4,9-10H2,1-2H3,(H,18,20). The second kappa shape index (κ2) is 6.26. The van der Waals surface area contributed by atoms with Crippen LogP contribution in [-0.4, -0.2) is 24.2 Å². The number of hydrogen-bond acceptors (Lipinski definition) is 3. The third-order valence-electron chi connectivity index (χ3n) is 4.16. The molecule has 0 atom stereocenters. The van der Waals surface area contributed by atoms with E-state index in [2.05, 4.69) is 5.32 Å². The van der Waals surface area contributed by atoms with E-state index in [0.717, 1.165) is 12.8 Å². The Kier molecular flexibility index (Phi) is 4.63. The Bertz CT molecular complexity index is 623. The molecule has 2 rings (SSSR count). The van der Waals surface area contributed by atoms with Crippen molar-refractivity contribution in [2.24, 2.45) is 5.41 Å². The van der Waals surface area contributed by atoms with Gasteiger partial charge in [-0.3, -0.25) is 4.79 Å². The fourth-order valence-corrected chi connectivity index (χ4v) is 2.26. The highest BCUT2D eigenvalue weighted by Gasteiger charge is 2.26. The molecule has 0 saturated carbocycles. The average molecular weight is 293 g/mol. The van der Waals surface area contributed by atoms with Gasteiger partial charge in [-0.1, -0.05) is 13.8 Å². The van der Waals surface area contributed by atoms with Gasteiger partial charge in [0.2, 0.25) is 0 Å². The van der Waals surface area contributed by atoms with Crippen molar-refractivity contribution >= 4 is 16.9 Å². The SMILES string of the molecule is CCC(CC)(CO)CNC(=O)c1cc2cc(F)ccc2o1. The van der Waals surface area contributed by atoms with Crippen LogP contribution in [0, 0.1) is 11.2 Å². The highest BCUT2D eigenvalue weighted by Crippen LogP contribution is 2.25. The molecule has 5 heteroatoms. The first-order valence-corrected chi connectivity index (χ1v) is 7.11. The third kappa shape index (κ3) is 3.24. The third-order valence-corrected chi connectivity index (χ3v) is 4.16. The predicted octanol–water partition coefficient (Wildman–Crippen LogP) is 3.10. The highest BCUT2D eigenvalue weighted by molar-refractivity contribution is 5.96. The number of halogens is 1. The Morgan fingerprint density at radius 2 is 2.05 bits per heavy atom. The zero-order valence-electron chi connectivity index (χ0n) is 12.3. The molecule has 0 aliphatic rings. The van der Waals surface area contributed by atoms with E-state index in [1.54, 1.807) is 0 Å². The number of aliphatic hydroxyl groups is 1. The minimum atomic E-state index is -0.369. The van der Waals surface area contributed by atoms with E-state index in [-0.39, 0.29) is 29.5 Å². The number of hydrogen-bond donors (Lipinski definition) is 2. The fraction of sp³-hybridized carbons (Fsp3) is 0.438. The molecule has 2 aromatic rings. The van der Waals surface area contributed by atoms with Crippen molar-refractivity contribution in [2.45, 2.75) is 26.7 Å². The van der Waals surface area contributed by atoms with E-state index in [1.165, 1.54) is 24.3 Å². The summed E-state index contributed by atoms with van der Waals surface area (Å²) in [7, 11) is 0. The lowest BCUT2D eigenvalue weighted by Crippen LogP contribution is -2.39. The monoisotopic (exact) mass is 293 g/mol. The molecule has 0 unspecified atom stereocenters. The van der Waals surface area contributed by atoms with Gasteiger partial charge in [0.1, 0.15) is 11.4 Å².